The summed E-state index contributed by atoms with van der Waals surface area (Å²) in [6, 6.07) is 2.16. The Bertz CT molecular complexity index is 478. The first kappa shape index (κ1) is 17.3. The molecule has 1 aliphatic heterocycles. The minimum atomic E-state index is -0.860. The predicted molar refractivity (Wildman–Crippen MR) is 79.3 cm³/mol. The Morgan fingerprint density at radius 1 is 1.40 bits per heavy atom. The number of carbonyl (C=O) groups is 1. The lowest BCUT2D eigenvalue weighted by atomic mass is 9.99. The standard InChI is InChI=1S/C13H15BrF2N2O.ClH/c1-7-11(3-2-4-17-7)18-13(19)12-9(15)5-8(14)6-10(12)16;/h5-7,11,17H,2-4H2,1H3,(H,18,19);1H. The molecule has 2 unspecified atom stereocenters. The van der Waals surface area contributed by atoms with Crippen molar-refractivity contribution in [3.05, 3.63) is 33.8 Å². The quantitative estimate of drug-likeness (QED) is 0.841. The zero-order valence-corrected chi connectivity index (χ0v) is 13.3. The third-order valence-electron chi connectivity index (χ3n) is 3.31. The van der Waals surface area contributed by atoms with Crippen molar-refractivity contribution in [2.45, 2.75) is 31.8 Å². The van der Waals surface area contributed by atoms with Crippen LogP contribution in [0.25, 0.3) is 0 Å². The van der Waals surface area contributed by atoms with E-state index in [-0.39, 0.29) is 29.0 Å². The Morgan fingerprint density at radius 2 is 2.00 bits per heavy atom. The number of piperidine rings is 1. The average molecular weight is 370 g/mol. The highest BCUT2D eigenvalue weighted by Gasteiger charge is 2.25. The van der Waals surface area contributed by atoms with Crippen LogP contribution in [0.15, 0.2) is 16.6 Å². The minimum absolute atomic E-state index is 0. The fourth-order valence-electron chi connectivity index (χ4n) is 2.24. The smallest absolute Gasteiger partial charge is 0.257 e. The summed E-state index contributed by atoms with van der Waals surface area (Å²) < 4.78 is 27.6. The molecule has 2 rings (SSSR count). The summed E-state index contributed by atoms with van der Waals surface area (Å²) in [6.45, 7) is 2.84. The number of hydrogen-bond acceptors (Lipinski definition) is 2. The van der Waals surface area contributed by atoms with Gasteiger partial charge in [-0.25, -0.2) is 8.78 Å². The van der Waals surface area contributed by atoms with Crippen LogP contribution in [0.1, 0.15) is 30.1 Å². The van der Waals surface area contributed by atoms with Crippen molar-refractivity contribution in [3.8, 4) is 0 Å². The molecule has 1 aromatic rings. The largest absolute Gasteiger partial charge is 0.348 e. The Morgan fingerprint density at radius 3 is 2.55 bits per heavy atom. The van der Waals surface area contributed by atoms with Gasteiger partial charge < -0.3 is 10.6 Å². The molecule has 1 saturated heterocycles. The highest BCUT2D eigenvalue weighted by Crippen LogP contribution is 2.20. The van der Waals surface area contributed by atoms with Gasteiger partial charge in [-0.3, -0.25) is 4.79 Å². The van der Waals surface area contributed by atoms with Crippen LogP contribution in [0.4, 0.5) is 8.78 Å². The molecule has 0 spiro atoms. The molecule has 3 nitrogen and oxygen atoms in total. The summed E-state index contributed by atoms with van der Waals surface area (Å²) in [5.74, 6) is -2.43. The number of rotatable bonds is 2. The fraction of sp³-hybridized carbons (Fsp3) is 0.462. The molecule has 1 fully saturated rings. The van der Waals surface area contributed by atoms with E-state index in [0.29, 0.717) is 0 Å². The normalized spacial score (nSPS) is 22.0. The third-order valence-corrected chi connectivity index (χ3v) is 3.77. The van der Waals surface area contributed by atoms with Gasteiger partial charge in [-0.15, -0.1) is 12.4 Å². The van der Waals surface area contributed by atoms with Crippen molar-refractivity contribution in [3.63, 3.8) is 0 Å². The SMILES string of the molecule is CC1NCCCC1NC(=O)c1c(F)cc(Br)cc1F.Cl. The molecule has 2 N–H and O–H groups in total. The van der Waals surface area contributed by atoms with Gasteiger partial charge in [0, 0.05) is 16.6 Å². The topological polar surface area (TPSA) is 41.1 Å². The maximum atomic E-state index is 13.7. The summed E-state index contributed by atoms with van der Waals surface area (Å²) in [5.41, 5.74) is -0.527. The Balaban J connectivity index is 0.00000200. The second kappa shape index (κ2) is 7.33. The number of amides is 1. The van der Waals surface area contributed by atoms with Crippen molar-refractivity contribution in [1.29, 1.82) is 0 Å². The summed E-state index contributed by atoms with van der Waals surface area (Å²) in [7, 11) is 0. The van der Waals surface area contributed by atoms with Gasteiger partial charge in [-0.2, -0.15) is 0 Å². The highest BCUT2D eigenvalue weighted by atomic mass is 79.9. The summed E-state index contributed by atoms with van der Waals surface area (Å²) in [4.78, 5) is 12.0. The van der Waals surface area contributed by atoms with Gasteiger partial charge in [0.05, 0.1) is 0 Å². The molecule has 2 atom stereocenters. The van der Waals surface area contributed by atoms with E-state index in [1.165, 1.54) is 0 Å². The molecule has 1 heterocycles. The van der Waals surface area contributed by atoms with Crippen molar-refractivity contribution in [2.75, 3.05) is 6.54 Å². The van der Waals surface area contributed by atoms with E-state index >= 15 is 0 Å². The lowest BCUT2D eigenvalue weighted by molar-refractivity contribution is 0.0911. The molecular formula is C13H16BrClF2N2O. The molecule has 7 heteroatoms. The number of hydrogen-bond donors (Lipinski definition) is 2. The van der Waals surface area contributed by atoms with Crippen molar-refractivity contribution < 1.29 is 13.6 Å². The van der Waals surface area contributed by atoms with E-state index in [0.717, 1.165) is 31.5 Å². The van der Waals surface area contributed by atoms with Crippen molar-refractivity contribution in [2.24, 2.45) is 0 Å². The third kappa shape index (κ3) is 3.90. The van der Waals surface area contributed by atoms with Gasteiger partial charge in [0.2, 0.25) is 0 Å². The van der Waals surface area contributed by atoms with Crippen LogP contribution in [0.3, 0.4) is 0 Å². The minimum Gasteiger partial charge on any atom is -0.348 e. The Labute approximate surface area is 131 Å². The zero-order valence-electron chi connectivity index (χ0n) is 10.9. The van der Waals surface area contributed by atoms with Gasteiger partial charge in [-0.1, -0.05) is 15.9 Å². The van der Waals surface area contributed by atoms with Gasteiger partial charge >= 0.3 is 0 Å². The molecule has 0 aliphatic carbocycles. The number of nitrogens with one attached hydrogen (secondary N) is 2. The summed E-state index contributed by atoms with van der Waals surface area (Å²) in [5, 5.41) is 5.91. The highest BCUT2D eigenvalue weighted by molar-refractivity contribution is 9.10. The van der Waals surface area contributed by atoms with E-state index in [1.807, 2.05) is 6.92 Å². The van der Waals surface area contributed by atoms with Crippen LogP contribution in [0.5, 0.6) is 0 Å². The first-order chi connectivity index (χ1) is 8.99. The molecule has 0 aromatic heterocycles. The molecule has 1 aromatic carbocycles. The second-order valence-corrected chi connectivity index (χ2v) is 5.63. The van der Waals surface area contributed by atoms with E-state index < -0.39 is 23.1 Å². The summed E-state index contributed by atoms with van der Waals surface area (Å²) >= 11 is 2.98. The van der Waals surface area contributed by atoms with Gasteiger partial charge in [0.15, 0.2) is 0 Å². The van der Waals surface area contributed by atoms with Crippen LogP contribution in [0.2, 0.25) is 0 Å². The van der Waals surface area contributed by atoms with Crippen molar-refractivity contribution in [1.82, 2.24) is 10.6 Å². The number of halogens is 4. The number of benzene rings is 1. The predicted octanol–water partition coefficient (Wildman–Crippen LogP) is 3.02. The first-order valence-corrected chi connectivity index (χ1v) is 6.97. The molecule has 1 amide bonds. The molecular weight excluding hydrogens is 354 g/mol. The lowest BCUT2D eigenvalue weighted by Crippen LogP contribution is -2.52. The maximum Gasteiger partial charge on any atom is 0.257 e. The van der Waals surface area contributed by atoms with E-state index in [4.69, 9.17) is 0 Å². The molecule has 0 radical (unpaired) electrons. The van der Waals surface area contributed by atoms with Crippen LogP contribution in [-0.4, -0.2) is 24.5 Å². The molecule has 20 heavy (non-hydrogen) atoms. The molecule has 0 saturated carbocycles. The van der Waals surface area contributed by atoms with Gasteiger partial charge in [-0.05, 0) is 38.4 Å². The van der Waals surface area contributed by atoms with Gasteiger partial charge in [0.25, 0.3) is 5.91 Å². The lowest BCUT2D eigenvalue weighted by Gasteiger charge is -2.30. The Hall–Kier alpha value is -0.720. The molecule has 112 valence electrons. The van der Waals surface area contributed by atoms with Crippen LogP contribution >= 0.6 is 28.3 Å². The van der Waals surface area contributed by atoms with Crippen molar-refractivity contribution >= 4 is 34.2 Å². The zero-order chi connectivity index (χ0) is 14.0. The fourth-order valence-corrected chi connectivity index (χ4v) is 2.64. The summed E-state index contributed by atoms with van der Waals surface area (Å²) in [6.07, 6.45) is 1.74. The van der Waals surface area contributed by atoms with Crippen LogP contribution in [-0.2, 0) is 0 Å². The van der Waals surface area contributed by atoms with Crippen LogP contribution < -0.4 is 10.6 Å². The monoisotopic (exact) mass is 368 g/mol. The van der Waals surface area contributed by atoms with Crippen LogP contribution in [0, 0.1) is 11.6 Å². The molecule has 0 bridgehead atoms. The maximum absolute atomic E-state index is 13.7. The van der Waals surface area contributed by atoms with Gasteiger partial charge in [0.1, 0.15) is 17.2 Å². The van der Waals surface area contributed by atoms with E-state index in [2.05, 4.69) is 26.6 Å². The second-order valence-electron chi connectivity index (χ2n) is 4.71. The Kier molecular flexibility index (Phi) is 6.36. The van der Waals surface area contributed by atoms with E-state index in [9.17, 15) is 13.6 Å². The number of carbonyl (C=O) groups excluding carboxylic acids is 1. The molecule has 1 aliphatic rings. The van der Waals surface area contributed by atoms with E-state index in [1.54, 1.807) is 0 Å². The first-order valence-electron chi connectivity index (χ1n) is 6.18. The average Bonchev–Trinajstić information content (AvgIpc) is 2.30.